The van der Waals surface area contributed by atoms with Crippen molar-refractivity contribution in [3.8, 4) is 17.2 Å². The van der Waals surface area contributed by atoms with E-state index in [1.54, 1.807) is 7.11 Å². The quantitative estimate of drug-likeness (QED) is 0.392. The number of nitrogens with zero attached hydrogens (tertiary/aromatic N) is 2. The van der Waals surface area contributed by atoms with Crippen LogP contribution in [0.2, 0.25) is 0 Å². The molecular formula is C21H22N2O3S. The molecule has 6 heteroatoms. The number of Topliss-reactive ketones (excluding diaryl/α,β-unsaturated/α-hetero) is 1. The molecule has 2 aromatic carbocycles. The van der Waals surface area contributed by atoms with Gasteiger partial charge in [-0.15, -0.1) is 10.2 Å². The Kier molecular flexibility index (Phi) is 6.29. The summed E-state index contributed by atoms with van der Waals surface area (Å²) in [5.74, 6) is 1.98. The van der Waals surface area contributed by atoms with Gasteiger partial charge >= 0.3 is 0 Å². The first-order chi connectivity index (χ1) is 13.1. The molecule has 5 nitrogen and oxygen atoms in total. The van der Waals surface area contributed by atoms with Crippen LogP contribution < -0.4 is 4.74 Å². The average Bonchev–Trinajstić information content (AvgIpc) is 3.20. The van der Waals surface area contributed by atoms with Gasteiger partial charge in [0.05, 0.1) is 12.9 Å². The van der Waals surface area contributed by atoms with Gasteiger partial charge in [-0.25, -0.2) is 0 Å². The van der Waals surface area contributed by atoms with Crippen molar-refractivity contribution in [1.82, 2.24) is 10.2 Å². The molecule has 1 heterocycles. The molecule has 1 aromatic heterocycles. The molecule has 0 aliphatic heterocycles. The Morgan fingerprint density at radius 2 is 1.81 bits per heavy atom. The Bertz CT molecular complexity index is 889. The maximum atomic E-state index is 12.4. The predicted molar refractivity (Wildman–Crippen MR) is 106 cm³/mol. The fraction of sp³-hybridized carbons (Fsp3) is 0.286. The summed E-state index contributed by atoms with van der Waals surface area (Å²) in [4.78, 5) is 12.4. The Morgan fingerprint density at radius 1 is 1.11 bits per heavy atom. The van der Waals surface area contributed by atoms with Crippen LogP contribution in [0.25, 0.3) is 11.5 Å². The van der Waals surface area contributed by atoms with Gasteiger partial charge in [0.2, 0.25) is 5.89 Å². The van der Waals surface area contributed by atoms with Crippen molar-refractivity contribution in [2.45, 2.75) is 31.4 Å². The highest BCUT2D eigenvalue weighted by atomic mass is 32.2. The van der Waals surface area contributed by atoms with E-state index in [0.717, 1.165) is 17.7 Å². The fourth-order valence-corrected chi connectivity index (χ4v) is 3.22. The van der Waals surface area contributed by atoms with Crippen LogP contribution in [-0.2, 0) is 0 Å². The summed E-state index contributed by atoms with van der Waals surface area (Å²) < 4.78 is 10.8. The standard InChI is InChI=1S/C21H22N2O3S/c1-4-14(2)15-5-7-16(8-6-15)19(24)13-27-21-23-22-20(26-21)17-9-11-18(25-3)12-10-17/h5-12,14H,4,13H2,1-3H3. The number of ketones is 1. The second-order valence-electron chi connectivity index (χ2n) is 6.24. The SMILES string of the molecule is CCC(C)c1ccc(C(=O)CSc2nnc(-c3ccc(OC)cc3)o2)cc1. The van der Waals surface area contributed by atoms with Crippen molar-refractivity contribution in [3.63, 3.8) is 0 Å². The molecule has 140 valence electrons. The van der Waals surface area contributed by atoms with Crippen molar-refractivity contribution < 1.29 is 13.9 Å². The summed E-state index contributed by atoms with van der Waals surface area (Å²) in [6.45, 7) is 4.34. The lowest BCUT2D eigenvalue weighted by molar-refractivity contribution is 0.102. The lowest BCUT2D eigenvalue weighted by Gasteiger charge is -2.09. The topological polar surface area (TPSA) is 65.2 Å². The van der Waals surface area contributed by atoms with Gasteiger partial charge in [-0.2, -0.15) is 0 Å². The number of hydrogen-bond acceptors (Lipinski definition) is 6. The van der Waals surface area contributed by atoms with Crippen LogP contribution in [0.4, 0.5) is 0 Å². The minimum Gasteiger partial charge on any atom is -0.497 e. The van der Waals surface area contributed by atoms with Crippen LogP contribution in [0.15, 0.2) is 58.2 Å². The number of benzene rings is 2. The fourth-order valence-electron chi connectivity index (χ4n) is 2.56. The number of hydrogen-bond donors (Lipinski definition) is 0. The summed E-state index contributed by atoms with van der Waals surface area (Å²) in [6.07, 6.45) is 1.08. The number of thioether (sulfide) groups is 1. The van der Waals surface area contributed by atoms with Crippen LogP contribution in [0.1, 0.15) is 42.1 Å². The van der Waals surface area contributed by atoms with E-state index in [1.165, 1.54) is 17.3 Å². The summed E-state index contributed by atoms with van der Waals surface area (Å²) in [5.41, 5.74) is 2.76. The number of ether oxygens (including phenoxy) is 1. The van der Waals surface area contributed by atoms with Gasteiger partial charge in [-0.1, -0.05) is 49.9 Å². The van der Waals surface area contributed by atoms with E-state index in [-0.39, 0.29) is 11.5 Å². The van der Waals surface area contributed by atoms with E-state index in [9.17, 15) is 4.79 Å². The van der Waals surface area contributed by atoms with E-state index >= 15 is 0 Å². The molecule has 0 bridgehead atoms. The summed E-state index contributed by atoms with van der Waals surface area (Å²) in [7, 11) is 1.62. The number of carbonyl (C=O) groups is 1. The molecule has 0 saturated carbocycles. The maximum absolute atomic E-state index is 12.4. The van der Waals surface area contributed by atoms with Crippen molar-refractivity contribution in [1.29, 1.82) is 0 Å². The molecule has 0 saturated heterocycles. The monoisotopic (exact) mass is 382 g/mol. The zero-order valence-electron chi connectivity index (χ0n) is 15.6. The van der Waals surface area contributed by atoms with Gasteiger partial charge in [0.15, 0.2) is 5.78 Å². The summed E-state index contributed by atoms with van der Waals surface area (Å²) >= 11 is 1.25. The molecule has 0 aliphatic carbocycles. The van der Waals surface area contributed by atoms with Crippen molar-refractivity contribution in [2.75, 3.05) is 12.9 Å². The molecule has 3 aromatic rings. The Morgan fingerprint density at radius 3 is 2.44 bits per heavy atom. The van der Waals surface area contributed by atoms with Crippen LogP contribution in [0.5, 0.6) is 5.75 Å². The molecule has 27 heavy (non-hydrogen) atoms. The second-order valence-corrected chi connectivity index (χ2v) is 7.17. The Hall–Kier alpha value is -2.60. The number of rotatable bonds is 8. The second kappa shape index (κ2) is 8.86. The summed E-state index contributed by atoms with van der Waals surface area (Å²) in [6, 6.07) is 15.2. The van der Waals surface area contributed by atoms with Crippen LogP contribution >= 0.6 is 11.8 Å². The third-order valence-corrected chi connectivity index (χ3v) is 5.30. The first-order valence-electron chi connectivity index (χ1n) is 8.84. The highest BCUT2D eigenvalue weighted by Crippen LogP contribution is 2.25. The Balaban J connectivity index is 1.60. The van der Waals surface area contributed by atoms with E-state index in [0.29, 0.717) is 22.6 Å². The van der Waals surface area contributed by atoms with Gasteiger partial charge in [0, 0.05) is 11.1 Å². The molecule has 1 atom stereocenters. The average molecular weight is 382 g/mol. The number of methoxy groups -OCH3 is 1. The highest BCUT2D eigenvalue weighted by molar-refractivity contribution is 7.99. The Labute approximate surface area is 163 Å². The molecule has 3 rings (SSSR count). The van der Waals surface area contributed by atoms with Crippen molar-refractivity contribution in [3.05, 3.63) is 59.7 Å². The third-order valence-electron chi connectivity index (χ3n) is 4.48. The normalized spacial score (nSPS) is 12.0. The van der Waals surface area contributed by atoms with E-state index < -0.39 is 0 Å². The third kappa shape index (κ3) is 4.77. The molecule has 0 spiro atoms. The van der Waals surface area contributed by atoms with Gasteiger partial charge in [-0.3, -0.25) is 4.79 Å². The first-order valence-corrected chi connectivity index (χ1v) is 9.83. The highest BCUT2D eigenvalue weighted by Gasteiger charge is 2.13. The number of carbonyl (C=O) groups excluding carboxylic acids is 1. The van der Waals surface area contributed by atoms with E-state index in [4.69, 9.17) is 9.15 Å². The van der Waals surface area contributed by atoms with Crippen molar-refractivity contribution in [2.24, 2.45) is 0 Å². The lowest BCUT2D eigenvalue weighted by Crippen LogP contribution is -2.03. The zero-order valence-corrected chi connectivity index (χ0v) is 16.5. The van der Waals surface area contributed by atoms with Crippen molar-refractivity contribution >= 4 is 17.5 Å². The summed E-state index contributed by atoms with van der Waals surface area (Å²) in [5, 5.41) is 8.44. The molecule has 0 fully saturated rings. The van der Waals surface area contributed by atoms with Gasteiger partial charge in [0.1, 0.15) is 5.75 Å². The molecular weight excluding hydrogens is 360 g/mol. The maximum Gasteiger partial charge on any atom is 0.277 e. The van der Waals surface area contributed by atoms with E-state index in [2.05, 4.69) is 24.0 Å². The van der Waals surface area contributed by atoms with Crippen LogP contribution in [-0.4, -0.2) is 28.8 Å². The minimum absolute atomic E-state index is 0.0416. The molecule has 1 unspecified atom stereocenters. The smallest absolute Gasteiger partial charge is 0.277 e. The molecule has 0 N–H and O–H groups in total. The van der Waals surface area contributed by atoms with Crippen LogP contribution in [0, 0.1) is 0 Å². The first kappa shape index (κ1) is 19.2. The predicted octanol–water partition coefficient (Wildman–Crippen LogP) is 5.23. The zero-order chi connectivity index (χ0) is 19.2. The molecule has 0 radical (unpaired) electrons. The number of aromatic nitrogens is 2. The van der Waals surface area contributed by atoms with Gasteiger partial charge in [-0.05, 0) is 42.2 Å². The van der Waals surface area contributed by atoms with E-state index in [1.807, 2.05) is 48.5 Å². The molecule has 0 amide bonds. The van der Waals surface area contributed by atoms with Gasteiger partial charge in [0.25, 0.3) is 5.22 Å². The van der Waals surface area contributed by atoms with Gasteiger partial charge < -0.3 is 9.15 Å². The lowest BCUT2D eigenvalue weighted by atomic mass is 9.97. The molecule has 0 aliphatic rings. The van der Waals surface area contributed by atoms with Crippen LogP contribution in [0.3, 0.4) is 0 Å². The largest absolute Gasteiger partial charge is 0.497 e. The minimum atomic E-state index is 0.0416.